The predicted octanol–water partition coefficient (Wildman–Crippen LogP) is 1.22. The van der Waals surface area contributed by atoms with Crippen molar-refractivity contribution in [3.63, 3.8) is 0 Å². The summed E-state index contributed by atoms with van der Waals surface area (Å²) in [5.74, 6) is 0.550. The van der Waals surface area contributed by atoms with Crippen molar-refractivity contribution >= 4 is 27.7 Å². The molecule has 0 radical (unpaired) electrons. The van der Waals surface area contributed by atoms with Crippen molar-refractivity contribution in [3.05, 3.63) is 22.3 Å². The zero-order chi connectivity index (χ0) is 11.0. The molecule has 1 saturated heterocycles. The first-order valence-electron chi connectivity index (χ1n) is 4.78. The van der Waals surface area contributed by atoms with Crippen LogP contribution in [0.15, 0.2) is 16.6 Å². The zero-order valence-corrected chi connectivity index (χ0v) is 9.99. The highest BCUT2D eigenvalue weighted by molar-refractivity contribution is 9.10. The Labute approximate surface area is 96.6 Å². The van der Waals surface area contributed by atoms with Crippen molar-refractivity contribution in [1.29, 1.82) is 0 Å². The van der Waals surface area contributed by atoms with Gasteiger partial charge in [0.25, 0.3) is 0 Å². The Balaban J connectivity index is 2.23. The van der Waals surface area contributed by atoms with Gasteiger partial charge in [0, 0.05) is 11.0 Å². The predicted molar refractivity (Wildman–Crippen MR) is 61.6 cm³/mol. The summed E-state index contributed by atoms with van der Waals surface area (Å²) < 4.78 is 0.974. The van der Waals surface area contributed by atoms with Crippen LogP contribution in [0.1, 0.15) is 12.1 Å². The Bertz CT molecular complexity index is 408. The van der Waals surface area contributed by atoms with Gasteiger partial charge in [-0.25, -0.2) is 4.98 Å². The molecule has 0 saturated carbocycles. The van der Waals surface area contributed by atoms with Crippen molar-refractivity contribution in [2.45, 2.75) is 19.4 Å². The van der Waals surface area contributed by atoms with E-state index in [0.717, 1.165) is 29.0 Å². The number of amides is 1. The summed E-state index contributed by atoms with van der Waals surface area (Å²) in [4.78, 5) is 17.4. The number of nitrogens with two attached hydrogens (primary N) is 1. The molecule has 1 aliphatic rings. The van der Waals surface area contributed by atoms with Gasteiger partial charge in [0.1, 0.15) is 11.9 Å². The van der Waals surface area contributed by atoms with Crippen LogP contribution < -0.4 is 10.6 Å². The molecule has 4 nitrogen and oxygen atoms in total. The molecule has 0 bridgehead atoms. The number of carbonyl (C=O) groups is 1. The van der Waals surface area contributed by atoms with Gasteiger partial charge >= 0.3 is 0 Å². The Morgan fingerprint density at radius 3 is 2.87 bits per heavy atom. The summed E-state index contributed by atoms with van der Waals surface area (Å²) in [5.41, 5.74) is 6.19. The molecule has 15 heavy (non-hydrogen) atoms. The second-order valence-electron chi connectivity index (χ2n) is 3.64. The smallest absolute Gasteiger partial charge is 0.240 e. The molecular formula is C10H12BrN3O. The topological polar surface area (TPSA) is 59.2 Å². The lowest BCUT2D eigenvalue weighted by atomic mass is 10.0. The summed E-state index contributed by atoms with van der Waals surface area (Å²) in [5, 5.41) is 0. The summed E-state index contributed by atoms with van der Waals surface area (Å²) in [7, 11) is 0. The average molecular weight is 270 g/mol. The van der Waals surface area contributed by atoms with Crippen LogP contribution in [0.5, 0.6) is 0 Å². The molecule has 2 rings (SSSR count). The maximum absolute atomic E-state index is 11.1. The number of rotatable bonds is 2. The zero-order valence-electron chi connectivity index (χ0n) is 8.40. The highest BCUT2D eigenvalue weighted by atomic mass is 79.9. The number of halogens is 1. The first-order chi connectivity index (χ1) is 7.09. The van der Waals surface area contributed by atoms with Gasteiger partial charge in [0.2, 0.25) is 5.91 Å². The van der Waals surface area contributed by atoms with Gasteiger partial charge in [0.05, 0.1) is 5.69 Å². The largest absolute Gasteiger partial charge is 0.368 e. The van der Waals surface area contributed by atoms with Crippen molar-refractivity contribution in [1.82, 2.24) is 4.98 Å². The minimum Gasteiger partial charge on any atom is -0.368 e. The van der Waals surface area contributed by atoms with Crippen LogP contribution in [0.25, 0.3) is 0 Å². The van der Waals surface area contributed by atoms with Crippen LogP contribution in [0.4, 0.5) is 5.82 Å². The van der Waals surface area contributed by atoms with Gasteiger partial charge < -0.3 is 10.6 Å². The fourth-order valence-electron chi connectivity index (χ4n) is 1.65. The monoisotopic (exact) mass is 269 g/mol. The second-order valence-corrected chi connectivity index (χ2v) is 4.49. The standard InChI is InChI=1S/C10H12BrN3O/c1-6-7(11)2-3-9(13-6)14-5-4-8(14)10(12)15/h2-3,8H,4-5H2,1H3,(H2,12,15). The van der Waals surface area contributed by atoms with E-state index in [9.17, 15) is 4.79 Å². The molecule has 5 heteroatoms. The number of pyridine rings is 1. The number of aromatic nitrogens is 1. The highest BCUT2D eigenvalue weighted by Gasteiger charge is 2.33. The molecule has 1 unspecified atom stereocenters. The number of anilines is 1. The van der Waals surface area contributed by atoms with E-state index in [2.05, 4.69) is 20.9 Å². The maximum Gasteiger partial charge on any atom is 0.240 e. The van der Waals surface area contributed by atoms with Gasteiger partial charge in [-0.05, 0) is 41.4 Å². The molecule has 0 aliphatic carbocycles. The lowest BCUT2D eigenvalue weighted by Gasteiger charge is -2.39. The number of carbonyl (C=O) groups excluding carboxylic acids is 1. The Morgan fingerprint density at radius 2 is 2.40 bits per heavy atom. The lowest BCUT2D eigenvalue weighted by molar-refractivity contribution is -0.120. The Morgan fingerprint density at radius 1 is 1.67 bits per heavy atom. The first kappa shape index (κ1) is 10.4. The van der Waals surface area contributed by atoms with Gasteiger partial charge in [-0.3, -0.25) is 4.79 Å². The molecule has 0 spiro atoms. The molecule has 1 aromatic heterocycles. The van der Waals surface area contributed by atoms with Crippen molar-refractivity contribution in [2.24, 2.45) is 5.73 Å². The molecular weight excluding hydrogens is 258 g/mol. The summed E-state index contributed by atoms with van der Waals surface area (Å²) >= 11 is 3.39. The summed E-state index contributed by atoms with van der Waals surface area (Å²) in [6.07, 6.45) is 0.826. The van der Waals surface area contributed by atoms with Gasteiger partial charge in [-0.2, -0.15) is 0 Å². The van der Waals surface area contributed by atoms with E-state index in [1.807, 2.05) is 24.0 Å². The minimum absolute atomic E-state index is 0.182. The SMILES string of the molecule is Cc1nc(N2CCC2C(N)=O)ccc1Br. The first-order valence-corrected chi connectivity index (χ1v) is 5.58. The van der Waals surface area contributed by atoms with E-state index in [4.69, 9.17) is 5.73 Å². The van der Waals surface area contributed by atoms with Crippen molar-refractivity contribution < 1.29 is 4.79 Å². The van der Waals surface area contributed by atoms with Gasteiger partial charge in [-0.1, -0.05) is 0 Å². The molecule has 2 N–H and O–H groups in total. The molecule has 1 aromatic rings. The van der Waals surface area contributed by atoms with Crippen LogP contribution in [-0.4, -0.2) is 23.5 Å². The second kappa shape index (κ2) is 3.81. The van der Waals surface area contributed by atoms with E-state index in [1.54, 1.807) is 0 Å². The fraction of sp³-hybridized carbons (Fsp3) is 0.400. The van der Waals surface area contributed by atoms with Crippen LogP contribution in [0.3, 0.4) is 0 Å². The van der Waals surface area contributed by atoms with Crippen LogP contribution in [0, 0.1) is 6.92 Å². The maximum atomic E-state index is 11.1. The third-order valence-electron chi connectivity index (χ3n) is 2.65. The van der Waals surface area contributed by atoms with E-state index in [1.165, 1.54) is 0 Å². The summed E-state index contributed by atoms with van der Waals surface area (Å²) in [6, 6.07) is 3.65. The molecule has 0 aromatic carbocycles. The fourth-order valence-corrected chi connectivity index (χ4v) is 1.87. The number of aryl methyl sites for hydroxylation is 1. The van der Waals surface area contributed by atoms with E-state index in [-0.39, 0.29) is 11.9 Å². The summed E-state index contributed by atoms with van der Waals surface area (Å²) in [6.45, 7) is 2.77. The van der Waals surface area contributed by atoms with Crippen molar-refractivity contribution in [3.8, 4) is 0 Å². The quantitative estimate of drug-likeness (QED) is 0.878. The van der Waals surface area contributed by atoms with Crippen LogP contribution in [0.2, 0.25) is 0 Å². The number of nitrogens with zero attached hydrogens (tertiary/aromatic N) is 2. The molecule has 80 valence electrons. The highest BCUT2D eigenvalue weighted by Crippen LogP contribution is 2.26. The normalized spacial score (nSPS) is 19.9. The Kier molecular flexibility index (Phi) is 2.65. The van der Waals surface area contributed by atoms with Crippen LogP contribution in [-0.2, 0) is 4.79 Å². The average Bonchev–Trinajstić information content (AvgIpc) is 2.08. The molecule has 1 aliphatic heterocycles. The molecule has 1 amide bonds. The molecule has 1 fully saturated rings. The number of hydrogen-bond donors (Lipinski definition) is 1. The minimum atomic E-state index is -0.274. The van der Waals surface area contributed by atoms with E-state index < -0.39 is 0 Å². The van der Waals surface area contributed by atoms with Crippen LogP contribution >= 0.6 is 15.9 Å². The third-order valence-corrected chi connectivity index (χ3v) is 3.49. The Hall–Kier alpha value is -1.10. The lowest BCUT2D eigenvalue weighted by Crippen LogP contribution is -2.55. The van der Waals surface area contributed by atoms with E-state index in [0.29, 0.717) is 0 Å². The van der Waals surface area contributed by atoms with Gasteiger partial charge in [0.15, 0.2) is 0 Å². The third kappa shape index (κ3) is 1.84. The molecule has 2 heterocycles. The molecule has 1 atom stereocenters. The number of primary amides is 1. The van der Waals surface area contributed by atoms with Crippen molar-refractivity contribution in [2.75, 3.05) is 11.4 Å². The van der Waals surface area contributed by atoms with Gasteiger partial charge in [-0.15, -0.1) is 0 Å². The van der Waals surface area contributed by atoms with E-state index >= 15 is 0 Å². The number of hydrogen-bond acceptors (Lipinski definition) is 3.